The van der Waals surface area contributed by atoms with E-state index in [9.17, 15) is 4.79 Å². The lowest BCUT2D eigenvalue weighted by Crippen LogP contribution is -2.27. The summed E-state index contributed by atoms with van der Waals surface area (Å²) in [7, 11) is 1.56. The first-order valence-corrected chi connectivity index (χ1v) is 8.28. The molecule has 1 amide bonds. The molecule has 22 heavy (non-hydrogen) atoms. The van der Waals surface area contributed by atoms with Gasteiger partial charge in [0.2, 0.25) is 0 Å². The van der Waals surface area contributed by atoms with E-state index in [1.165, 1.54) is 16.7 Å². The number of hydrogen-bond donors (Lipinski definition) is 0. The molecular formula is C15H10BrNO3S2. The van der Waals surface area contributed by atoms with Crippen molar-refractivity contribution in [1.82, 2.24) is 0 Å². The van der Waals surface area contributed by atoms with Gasteiger partial charge in [-0.1, -0.05) is 36.1 Å². The number of thioether (sulfide) groups is 1. The molecule has 0 bridgehead atoms. The topological polar surface area (TPSA) is 42.7 Å². The molecule has 1 aromatic carbocycles. The molecule has 3 rings (SSSR count). The number of amides is 1. The summed E-state index contributed by atoms with van der Waals surface area (Å²) in [5.74, 6) is 1.00. The van der Waals surface area contributed by atoms with Crippen LogP contribution in [0, 0.1) is 0 Å². The van der Waals surface area contributed by atoms with Gasteiger partial charge < -0.3 is 9.15 Å². The first kappa shape index (κ1) is 15.3. The summed E-state index contributed by atoms with van der Waals surface area (Å²) in [6.07, 6.45) is 1.68. The largest absolute Gasteiger partial charge is 0.495 e. The van der Waals surface area contributed by atoms with E-state index in [2.05, 4.69) is 15.9 Å². The summed E-state index contributed by atoms with van der Waals surface area (Å²) in [6, 6.07) is 10.8. The monoisotopic (exact) mass is 395 g/mol. The van der Waals surface area contributed by atoms with E-state index in [1.807, 2.05) is 12.1 Å². The van der Waals surface area contributed by atoms with Crippen molar-refractivity contribution < 1.29 is 13.9 Å². The number of rotatable bonds is 3. The van der Waals surface area contributed by atoms with Crippen LogP contribution in [0.5, 0.6) is 5.75 Å². The predicted molar refractivity (Wildman–Crippen MR) is 95.1 cm³/mol. The van der Waals surface area contributed by atoms with Gasteiger partial charge in [0.05, 0.1) is 17.7 Å². The quantitative estimate of drug-likeness (QED) is 0.566. The average molecular weight is 396 g/mol. The number of carbonyl (C=O) groups excluding carboxylic acids is 1. The van der Waals surface area contributed by atoms with E-state index in [4.69, 9.17) is 21.4 Å². The van der Waals surface area contributed by atoms with Gasteiger partial charge in [-0.15, -0.1) is 0 Å². The number of thiocarbonyl (C=S) groups is 1. The van der Waals surface area contributed by atoms with Crippen LogP contribution in [0.15, 0.2) is 50.4 Å². The van der Waals surface area contributed by atoms with Crippen molar-refractivity contribution in [2.75, 3.05) is 12.0 Å². The number of ether oxygens (including phenoxy) is 1. The van der Waals surface area contributed by atoms with Gasteiger partial charge in [-0.3, -0.25) is 9.69 Å². The molecule has 4 nitrogen and oxygen atoms in total. The highest BCUT2D eigenvalue weighted by Gasteiger charge is 2.35. The molecule has 2 heterocycles. The normalized spacial score (nSPS) is 16.6. The zero-order valence-corrected chi connectivity index (χ0v) is 14.6. The van der Waals surface area contributed by atoms with E-state index >= 15 is 0 Å². The highest BCUT2D eigenvalue weighted by Crippen LogP contribution is 2.39. The zero-order chi connectivity index (χ0) is 15.7. The van der Waals surface area contributed by atoms with Gasteiger partial charge in [-0.2, -0.15) is 0 Å². The van der Waals surface area contributed by atoms with Gasteiger partial charge in [0.15, 0.2) is 8.99 Å². The first-order chi connectivity index (χ1) is 10.6. The summed E-state index contributed by atoms with van der Waals surface area (Å²) in [6.45, 7) is 0. The minimum absolute atomic E-state index is 0.188. The van der Waals surface area contributed by atoms with Gasteiger partial charge in [0, 0.05) is 6.08 Å². The Labute approximate surface area is 145 Å². The first-order valence-electron chi connectivity index (χ1n) is 6.26. The van der Waals surface area contributed by atoms with Crippen molar-refractivity contribution in [3.63, 3.8) is 0 Å². The van der Waals surface area contributed by atoms with E-state index in [0.29, 0.717) is 31.1 Å². The summed E-state index contributed by atoms with van der Waals surface area (Å²) in [5.41, 5.74) is 0.636. The van der Waals surface area contributed by atoms with Crippen molar-refractivity contribution >= 4 is 61.9 Å². The van der Waals surface area contributed by atoms with Crippen LogP contribution >= 0.6 is 39.9 Å². The Kier molecular flexibility index (Phi) is 4.37. The third-order valence-electron chi connectivity index (χ3n) is 2.99. The minimum atomic E-state index is -0.188. The number of hydrogen-bond acceptors (Lipinski definition) is 5. The van der Waals surface area contributed by atoms with Crippen molar-refractivity contribution in [3.05, 3.63) is 51.7 Å². The molecule has 2 aromatic rings. The van der Waals surface area contributed by atoms with Crippen LogP contribution in [0.3, 0.4) is 0 Å². The third-order valence-corrected chi connectivity index (χ3v) is 4.72. The number of para-hydroxylation sites is 2. The Morgan fingerprint density at radius 2 is 2.09 bits per heavy atom. The van der Waals surface area contributed by atoms with Gasteiger partial charge in [0.1, 0.15) is 11.5 Å². The Balaban J connectivity index is 1.97. The number of benzene rings is 1. The van der Waals surface area contributed by atoms with Crippen LogP contribution in [0.25, 0.3) is 6.08 Å². The fourth-order valence-electron chi connectivity index (χ4n) is 2.02. The van der Waals surface area contributed by atoms with Crippen LogP contribution in [0.4, 0.5) is 5.69 Å². The molecule has 0 radical (unpaired) electrons. The smallest absolute Gasteiger partial charge is 0.271 e. The maximum Gasteiger partial charge on any atom is 0.271 e. The Morgan fingerprint density at radius 3 is 2.77 bits per heavy atom. The maximum absolute atomic E-state index is 12.6. The van der Waals surface area contributed by atoms with E-state index in [-0.39, 0.29) is 5.91 Å². The average Bonchev–Trinajstić information content (AvgIpc) is 3.03. The molecule has 0 atom stereocenters. The summed E-state index contributed by atoms with van der Waals surface area (Å²) in [5, 5.41) is 0. The van der Waals surface area contributed by atoms with E-state index in [1.54, 1.807) is 37.5 Å². The predicted octanol–water partition coefficient (Wildman–Crippen LogP) is 4.46. The number of nitrogens with zero attached hydrogens (tertiary/aromatic N) is 1. The third kappa shape index (κ3) is 2.84. The second kappa shape index (κ2) is 6.28. The lowest BCUT2D eigenvalue weighted by Gasteiger charge is -2.17. The molecule has 7 heteroatoms. The van der Waals surface area contributed by atoms with Crippen molar-refractivity contribution in [1.29, 1.82) is 0 Å². The summed E-state index contributed by atoms with van der Waals surface area (Å²) in [4.78, 5) is 14.6. The number of carbonyl (C=O) groups is 1. The van der Waals surface area contributed by atoms with Crippen LogP contribution in [0.1, 0.15) is 5.76 Å². The number of anilines is 1. The molecular weight excluding hydrogens is 386 g/mol. The molecule has 1 aliphatic rings. The van der Waals surface area contributed by atoms with Crippen LogP contribution in [-0.2, 0) is 4.79 Å². The standard InChI is InChI=1S/C15H10BrNO3S2/c1-19-11-5-3-2-4-10(11)17-14(18)12(22-15(17)21)8-9-6-7-13(16)20-9/h2-8H,1H3. The molecule has 0 spiro atoms. The van der Waals surface area contributed by atoms with Crippen molar-refractivity contribution in [2.45, 2.75) is 0 Å². The highest BCUT2D eigenvalue weighted by molar-refractivity contribution is 9.10. The second-order valence-electron chi connectivity index (χ2n) is 4.33. The zero-order valence-electron chi connectivity index (χ0n) is 11.4. The van der Waals surface area contributed by atoms with Gasteiger partial charge in [0.25, 0.3) is 5.91 Å². The van der Waals surface area contributed by atoms with Gasteiger partial charge in [-0.05, 0) is 40.2 Å². The fraction of sp³-hybridized carbons (Fsp3) is 0.0667. The van der Waals surface area contributed by atoms with Crippen LogP contribution in [0.2, 0.25) is 0 Å². The molecule has 0 aliphatic carbocycles. The van der Waals surface area contributed by atoms with E-state index < -0.39 is 0 Å². The lowest BCUT2D eigenvalue weighted by molar-refractivity contribution is -0.113. The van der Waals surface area contributed by atoms with E-state index in [0.717, 1.165) is 0 Å². The van der Waals surface area contributed by atoms with Crippen LogP contribution < -0.4 is 9.64 Å². The Morgan fingerprint density at radius 1 is 1.32 bits per heavy atom. The Bertz CT molecular complexity index is 785. The number of furan rings is 1. The molecule has 112 valence electrons. The van der Waals surface area contributed by atoms with Crippen LogP contribution in [-0.4, -0.2) is 17.3 Å². The fourth-order valence-corrected chi connectivity index (χ4v) is 3.61. The Hall–Kier alpha value is -1.57. The number of halogens is 1. The maximum atomic E-state index is 12.6. The molecule has 0 N–H and O–H groups in total. The van der Waals surface area contributed by atoms with Gasteiger partial charge >= 0.3 is 0 Å². The molecule has 1 saturated heterocycles. The highest BCUT2D eigenvalue weighted by atomic mass is 79.9. The minimum Gasteiger partial charge on any atom is -0.495 e. The van der Waals surface area contributed by atoms with Gasteiger partial charge in [-0.25, -0.2) is 0 Å². The molecule has 0 saturated carbocycles. The SMILES string of the molecule is COc1ccccc1N1C(=O)C(=Cc2ccc(Br)o2)SC1=S. The number of methoxy groups -OCH3 is 1. The lowest BCUT2D eigenvalue weighted by atomic mass is 10.2. The second-order valence-corrected chi connectivity index (χ2v) is 6.79. The van der Waals surface area contributed by atoms with Crippen molar-refractivity contribution in [3.8, 4) is 5.75 Å². The molecule has 1 aromatic heterocycles. The molecule has 1 aliphatic heterocycles. The molecule has 1 fully saturated rings. The van der Waals surface area contributed by atoms with Crippen molar-refractivity contribution in [2.24, 2.45) is 0 Å². The molecule has 0 unspecified atom stereocenters. The summed E-state index contributed by atoms with van der Waals surface area (Å²) >= 11 is 9.81. The summed E-state index contributed by atoms with van der Waals surface area (Å²) < 4.78 is 11.8.